The van der Waals surface area contributed by atoms with E-state index in [0.717, 1.165) is 33.6 Å². The van der Waals surface area contributed by atoms with Gasteiger partial charge in [0.15, 0.2) is 5.82 Å². The summed E-state index contributed by atoms with van der Waals surface area (Å²) < 4.78 is 2.14. The van der Waals surface area contributed by atoms with Gasteiger partial charge in [-0.2, -0.15) is 0 Å². The molecule has 2 aliphatic heterocycles. The molecule has 0 fully saturated rings. The van der Waals surface area contributed by atoms with Crippen molar-refractivity contribution in [2.24, 2.45) is 0 Å². The second-order valence-corrected chi connectivity index (χ2v) is 5.58. The first-order valence-electron chi connectivity index (χ1n) is 7.63. The van der Waals surface area contributed by atoms with E-state index in [4.69, 9.17) is 9.97 Å². The summed E-state index contributed by atoms with van der Waals surface area (Å²) in [5, 5.41) is 1.15. The molecule has 0 spiro atoms. The van der Waals surface area contributed by atoms with Crippen LogP contribution in [0, 0.1) is 0 Å². The van der Waals surface area contributed by atoms with Crippen LogP contribution in [-0.2, 0) is 0 Å². The summed E-state index contributed by atoms with van der Waals surface area (Å²) in [6.45, 7) is 0. The maximum atomic E-state index is 4.75. The third kappa shape index (κ3) is 1.77. The van der Waals surface area contributed by atoms with E-state index in [1.807, 2.05) is 36.4 Å². The molecule has 3 heteroatoms. The third-order valence-electron chi connectivity index (χ3n) is 4.21. The van der Waals surface area contributed by atoms with E-state index in [0.29, 0.717) is 0 Å². The molecule has 0 atom stereocenters. The molecular formula is C20H13N3. The molecule has 3 aromatic rings. The molecule has 0 bridgehead atoms. The highest BCUT2D eigenvalue weighted by molar-refractivity contribution is 6.02. The zero-order chi connectivity index (χ0) is 15.2. The van der Waals surface area contributed by atoms with Gasteiger partial charge in [0, 0.05) is 11.6 Å². The van der Waals surface area contributed by atoms with E-state index in [2.05, 4.69) is 47.0 Å². The molecule has 0 unspecified atom stereocenters. The van der Waals surface area contributed by atoms with Gasteiger partial charge in [0.1, 0.15) is 5.65 Å². The van der Waals surface area contributed by atoms with Gasteiger partial charge in [-0.3, -0.25) is 0 Å². The molecule has 0 radical (unpaired) electrons. The van der Waals surface area contributed by atoms with Crippen LogP contribution in [0.5, 0.6) is 0 Å². The van der Waals surface area contributed by atoms with Crippen LogP contribution >= 0.6 is 0 Å². The smallest absolute Gasteiger partial charge is 0.164 e. The van der Waals surface area contributed by atoms with Gasteiger partial charge in [0.25, 0.3) is 0 Å². The highest BCUT2D eigenvalue weighted by atomic mass is 15.0. The number of fused-ring (bicyclic) bond motifs is 4. The van der Waals surface area contributed by atoms with Crippen molar-refractivity contribution in [1.82, 2.24) is 14.4 Å². The number of benzene rings is 2. The van der Waals surface area contributed by atoms with Crippen LogP contribution in [0.4, 0.5) is 0 Å². The topological polar surface area (TPSA) is 30.2 Å². The molecule has 3 heterocycles. The Kier molecular flexibility index (Phi) is 2.50. The lowest BCUT2D eigenvalue weighted by Gasteiger charge is -2.14. The fourth-order valence-electron chi connectivity index (χ4n) is 3.21. The lowest BCUT2D eigenvalue weighted by atomic mass is 10.0. The molecule has 2 aliphatic rings. The first-order chi connectivity index (χ1) is 11.4. The molecule has 0 N–H and O–H groups in total. The number of hydrogen-bond donors (Lipinski definition) is 0. The zero-order valence-electron chi connectivity index (χ0n) is 12.3. The van der Waals surface area contributed by atoms with Crippen molar-refractivity contribution in [1.29, 1.82) is 0 Å². The second-order valence-electron chi connectivity index (χ2n) is 5.58. The summed E-state index contributed by atoms with van der Waals surface area (Å²) in [6, 6.07) is 24.7. The Balaban J connectivity index is 2.06. The summed E-state index contributed by atoms with van der Waals surface area (Å²) >= 11 is 0. The molecule has 2 aromatic carbocycles. The fourth-order valence-corrected chi connectivity index (χ4v) is 3.21. The molecule has 0 saturated heterocycles. The zero-order valence-corrected chi connectivity index (χ0v) is 12.3. The minimum atomic E-state index is 0.802. The summed E-state index contributed by atoms with van der Waals surface area (Å²) in [7, 11) is 0. The minimum Gasteiger partial charge on any atom is -0.300 e. The Morgan fingerprint density at radius 3 is 2.39 bits per heavy atom. The molecule has 108 valence electrons. The molecule has 0 aliphatic carbocycles. The van der Waals surface area contributed by atoms with Gasteiger partial charge >= 0.3 is 0 Å². The molecule has 1 aromatic heterocycles. The lowest BCUT2D eigenvalue weighted by molar-refractivity contribution is 1.10. The predicted octanol–water partition coefficient (Wildman–Crippen LogP) is 4.65. The van der Waals surface area contributed by atoms with E-state index < -0.39 is 0 Å². The van der Waals surface area contributed by atoms with Gasteiger partial charge in [-0.15, -0.1) is 0 Å². The maximum Gasteiger partial charge on any atom is 0.164 e. The SMILES string of the molecule is c1ccc(-c2c3c4ccccc4nc-3nc3ccccn23)cc1. The molecule has 0 saturated carbocycles. The van der Waals surface area contributed by atoms with Crippen molar-refractivity contribution in [3.05, 3.63) is 79.0 Å². The average molecular weight is 295 g/mol. The number of rotatable bonds is 1. The van der Waals surface area contributed by atoms with Crippen LogP contribution < -0.4 is 0 Å². The van der Waals surface area contributed by atoms with E-state index in [9.17, 15) is 0 Å². The summed E-state index contributed by atoms with van der Waals surface area (Å²) in [5.41, 5.74) is 5.30. The first-order valence-corrected chi connectivity index (χ1v) is 7.63. The fraction of sp³-hybridized carbons (Fsp3) is 0. The largest absolute Gasteiger partial charge is 0.300 e. The molecule has 0 amide bonds. The van der Waals surface area contributed by atoms with Gasteiger partial charge in [0.05, 0.1) is 16.8 Å². The van der Waals surface area contributed by atoms with Crippen LogP contribution in [0.15, 0.2) is 79.0 Å². The first kappa shape index (κ1) is 12.4. The monoisotopic (exact) mass is 295 g/mol. The highest BCUT2D eigenvalue weighted by Gasteiger charge is 2.21. The van der Waals surface area contributed by atoms with E-state index >= 15 is 0 Å². The van der Waals surface area contributed by atoms with Crippen molar-refractivity contribution in [2.45, 2.75) is 0 Å². The maximum absolute atomic E-state index is 4.75. The Labute approximate surface area is 133 Å². The van der Waals surface area contributed by atoms with Crippen molar-refractivity contribution in [3.63, 3.8) is 0 Å². The number of aromatic nitrogens is 3. The van der Waals surface area contributed by atoms with Crippen LogP contribution in [-0.4, -0.2) is 14.4 Å². The number of nitrogens with zero attached hydrogens (tertiary/aromatic N) is 3. The third-order valence-corrected chi connectivity index (χ3v) is 4.21. The highest BCUT2D eigenvalue weighted by Crippen LogP contribution is 2.38. The van der Waals surface area contributed by atoms with Gasteiger partial charge in [-0.05, 0) is 23.8 Å². The van der Waals surface area contributed by atoms with Gasteiger partial charge in [-0.1, -0.05) is 54.6 Å². The summed E-state index contributed by atoms with van der Waals surface area (Å²) in [4.78, 5) is 9.48. The second kappa shape index (κ2) is 4.65. The average Bonchev–Trinajstić information content (AvgIpc) is 2.98. The standard InChI is InChI=1S/C20H13N3/c1-2-8-14(9-3-1)19-18-15-10-4-5-11-16(15)21-20(18)22-17-12-6-7-13-23(17)19/h1-13H. The van der Waals surface area contributed by atoms with E-state index in [1.54, 1.807) is 0 Å². The van der Waals surface area contributed by atoms with Crippen molar-refractivity contribution in [3.8, 4) is 22.6 Å². The predicted molar refractivity (Wildman–Crippen MR) is 92.6 cm³/mol. The number of para-hydroxylation sites is 1. The molecule has 23 heavy (non-hydrogen) atoms. The van der Waals surface area contributed by atoms with Crippen LogP contribution in [0.2, 0.25) is 0 Å². The van der Waals surface area contributed by atoms with Crippen molar-refractivity contribution < 1.29 is 0 Å². The summed E-state index contributed by atoms with van der Waals surface area (Å²) in [6.07, 6.45) is 2.06. The Hall–Kier alpha value is -3.20. The van der Waals surface area contributed by atoms with Crippen LogP contribution in [0.25, 0.3) is 39.2 Å². The normalized spacial score (nSPS) is 11.5. The van der Waals surface area contributed by atoms with E-state index in [1.165, 1.54) is 5.56 Å². The number of pyridine rings is 1. The van der Waals surface area contributed by atoms with E-state index in [-0.39, 0.29) is 0 Å². The molecule has 5 rings (SSSR count). The molecule has 3 nitrogen and oxygen atoms in total. The van der Waals surface area contributed by atoms with Crippen molar-refractivity contribution >= 4 is 16.6 Å². The summed E-state index contributed by atoms with van der Waals surface area (Å²) in [5.74, 6) is 0.802. The Morgan fingerprint density at radius 2 is 1.48 bits per heavy atom. The van der Waals surface area contributed by atoms with Gasteiger partial charge < -0.3 is 4.40 Å². The van der Waals surface area contributed by atoms with Crippen molar-refractivity contribution in [2.75, 3.05) is 0 Å². The Bertz CT molecular complexity index is 1110. The van der Waals surface area contributed by atoms with Gasteiger partial charge in [-0.25, -0.2) is 9.97 Å². The minimum absolute atomic E-state index is 0.802. The Morgan fingerprint density at radius 1 is 0.696 bits per heavy atom. The lowest BCUT2D eigenvalue weighted by Crippen LogP contribution is -2.01. The number of hydrogen-bond acceptors (Lipinski definition) is 2. The van der Waals surface area contributed by atoms with Gasteiger partial charge in [0.2, 0.25) is 0 Å². The van der Waals surface area contributed by atoms with Crippen LogP contribution in [0.3, 0.4) is 0 Å². The molecular weight excluding hydrogens is 282 g/mol. The van der Waals surface area contributed by atoms with Crippen LogP contribution in [0.1, 0.15) is 0 Å². The quantitative estimate of drug-likeness (QED) is 0.450.